The lowest BCUT2D eigenvalue weighted by Gasteiger charge is -2.30. The van der Waals surface area contributed by atoms with Crippen LogP contribution in [0.3, 0.4) is 0 Å². The molecule has 0 bridgehead atoms. The number of hydrogen-bond donors (Lipinski definition) is 0. The average molecular weight is 447 g/mol. The third kappa shape index (κ3) is 2.83. The zero-order valence-electron chi connectivity index (χ0n) is 15.6. The van der Waals surface area contributed by atoms with Gasteiger partial charge in [-0.2, -0.15) is 0 Å². The first kappa shape index (κ1) is 18.0. The van der Waals surface area contributed by atoms with Crippen LogP contribution < -0.4 is 4.90 Å². The smallest absolute Gasteiger partial charge is 0.242 e. The normalized spacial score (nSPS) is 12.9. The van der Waals surface area contributed by atoms with E-state index in [9.17, 15) is 4.79 Å². The average Bonchev–Trinajstić information content (AvgIpc) is 3.35. The Labute approximate surface area is 184 Å². The largest absolute Gasteiger partial charge is 0.278 e. The predicted octanol–water partition coefficient (Wildman–Crippen LogP) is 5.87. The van der Waals surface area contributed by atoms with Gasteiger partial charge >= 0.3 is 0 Å². The number of fused-ring (bicyclic) bond motifs is 5. The second-order valence-corrected chi connectivity index (χ2v) is 9.76. The van der Waals surface area contributed by atoms with Crippen LogP contribution in [0.5, 0.6) is 0 Å². The van der Waals surface area contributed by atoms with Crippen LogP contribution in [0.2, 0.25) is 0 Å². The summed E-state index contributed by atoms with van der Waals surface area (Å²) in [5.41, 5.74) is 2.93. The van der Waals surface area contributed by atoms with E-state index in [1.54, 1.807) is 23.1 Å². The fraction of sp³-hybridized carbons (Fsp3) is 0.0455. The van der Waals surface area contributed by atoms with Gasteiger partial charge in [0.1, 0.15) is 0 Å². The molecule has 146 valence electrons. The van der Waals surface area contributed by atoms with E-state index in [0.29, 0.717) is 0 Å². The lowest BCUT2D eigenvalue weighted by molar-refractivity contribution is -0.115. The molecule has 0 unspecified atom stereocenters. The molecule has 1 aliphatic rings. The van der Waals surface area contributed by atoms with Gasteiger partial charge in [0, 0.05) is 9.79 Å². The van der Waals surface area contributed by atoms with Crippen molar-refractivity contribution in [3.63, 3.8) is 0 Å². The van der Waals surface area contributed by atoms with Crippen molar-refractivity contribution in [3.05, 3.63) is 72.8 Å². The molecule has 0 saturated carbocycles. The highest BCUT2D eigenvalue weighted by Gasteiger charge is 2.28. The third-order valence-corrected chi connectivity index (χ3v) is 7.97. The first-order chi connectivity index (χ1) is 14.8. The molecule has 2 aromatic heterocycles. The molecule has 0 N–H and O–H groups in total. The minimum atomic E-state index is 0.0245. The van der Waals surface area contributed by atoms with Gasteiger partial charge in [0.15, 0.2) is 5.16 Å². The van der Waals surface area contributed by atoms with Crippen molar-refractivity contribution >= 4 is 67.3 Å². The highest BCUT2D eigenvalue weighted by atomic mass is 32.2. The molecule has 0 fully saturated rings. The highest BCUT2D eigenvalue weighted by Crippen LogP contribution is 2.48. The number of carbonyl (C=O) groups is 1. The van der Waals surface area contributed by atoms with Crippen molar-refractivity contribution in [3.8, 4) is 0 Å². The molecule has 0 saturated heterocycles. The second kappa shape index (κ2) is 7.16. The molecule has 0 aliphatic carbocycles. The Kier molecular flexibility index (Phi) is 4.29. The summed E-state index contributed by atoms with van der Waals surface area (Å²) < 4.78 is 3.19. The van der Waals surface area contributed by atoms with E-state index in [1.807, 2.05) is 57.8 Å². The van der Waals surface area contributed by atoms with Crippen LogP contribution in [0.4, 0.5) is 11.4 Å². The van der Waals surface area contributed by atoms with Gasteiger partial charge in [0.05, 0.1) is 27.3 Å². The Hall–Kier alpha value is -2.81. The van der Waals surface area contributed by atoms with E-state index in [-0.39, 0.29) is 11.7 Å². The third-order valence-electron chi connectivity index (χ3n) is 4.92. The molecule has 0 atom stereocenters. The minimum absolute atomic E-state index is 0.0245. The van der Waals surface area contributed by atoms with E-state index in [0.717, 1.165) is 41.5 Å². The monoisotopic (exact) mass is 446 g/mol. The van der Waals surface area contributed by atoms with Crippen molar-refractivity contribution in [1.82, 2.24) is 14.6 Å². The fourth-order valence-electron chi connectivity index (χ4n) is 3.61. The molecule has 1 aliphatic heterocycles. The van der Waals surface area contributed by atoms with Crippen molar-refractivity contribution in [2.24, 2.45) is 0 Å². The van der Waals surface area contributed by atoms with Gasteiger partial charge in [0.2, 0.25) is 10.9 Å². The first-order valence-corrected chi connectivity index (χ1v) is 12.0. The highest BCUT2D eigenvalue weighted by molar-refractivity contribution is 8.00. The summed E-state index contributed by atoms with van der Waals surface area (Å²) in [5, 5.41) is 9.36. The number of thioether (sulfide) groups is 1. The number of carbonyl (C=O) groups excluding carboxylic acids is 1. The van der Waals surface area contributed by atoms with E-state index < -0.39 is 0 Å². The zero-order valence-corrected chi connectivity index (χ0v) is 18.0. The van der Waals surface area contributed by atoms with Gasteiger partial charge < -0.3 is 0 Å². The Morgan fingerprint density at radius 2 is 1.53 bits per heavy atom. The topological polar surface area (TPSA) is 50.5 Å². The summed E-state index contributed by atoms with van der Waals surface area (Å²) >= 11 is 4.73. The molecule has 1 amide bonds. The molecule has 30 heavy (non-hydrogen) atoms. The first-order valence-electron chi connectivity index (χ1n) is 9.34. The molecule has 8 heteroatoms. The number of benzene rings is 3. The fourth-order valence-corrected chi connectivity index (χ4v) is 6.49. The molecule has 0 spiro atoms. The standard InChI is InChI=1S/C22H14N4OS3/c27-20(13-28-21-23-24-22-26(21)16-9-3-6-12-19(16)30-22)25-14-7-1-4-10-17(14)29-18-11-5-2-8-15(18)25/h1-12H,13H2. The number of para-hydroxylation sites is 3. The molecular weight excluding hydrogens is 432 g/mol. The molecule has 6 rings (SSSR count). The van der Waals surface area contributed by atoms with Gasteiger partial charge in [-0.15, -0.1) is 10.2 Å². The van der Waals surface area contributed by atoms with Crippen LogP contribution in [0.25, 0.3) is 15.2 Å². The van der Waals surface area contributed by atoms with Crippen molar-refractivity contribution < 1.29 is 4.79 Å². The summed E-state index contributed by atoms with van der Waals surface area (Å²) in [5.74, 6) is 0.301. The number of anilines is 2. The van der Waals surface area contributed by atoms with Crippen molar-refractivity contribution in [1.29, 1.82) is 0 Å². The summed E-state index contributed by atoms with van der Waals surface area (Å²) in [7, 11) is 0. The van der Waals surface area contributed by atoms with E-state index in [1.165, 1.54) is 11.8 Å². The number of amides is 1. The van der Waals surface area contributed by atoms with E-state index in [2.05, 4.69) is 34.5 Å². The van der Waals surface area contributed by atoms with Crippen LogP contribution >= 0.6 is 34.9 Å². The molecule has 3 heterocycles. The molecule has 5 nitrogen and oxygen atoms in total. The number of aromatic nitrogens is 3. The summed E-state index contributed by atoms with van der Waals surface area (Å²) in [6.07, 6.45) is 0. The van der Waals surface area contributed by atoms with Crippen molar-refractivity contribution in [2.45, 2.75) is 14.9 Å². The summed E-state index contributed by atoms with van der Waals surface area (Å²) in [4.78, 5) is 18.2. The van der Waals surface area contributed by atoms with E-state index >= 15 is 0 Å². The van der Waals surface area contributed by atoms with Crippen LogP contribution in [-0.2, 0) is 4.79 Å². The number of rotatable bonds is 3. The maximum absolute atomic E-state index is 13.4. The van der Waals surface area contributed by atoms with Crippen LogP contribution in [0.1, 0.15) is 0 Å². The Morgan fingerprint density at radius 3 is 2.30 bits per heavy atom. The molecule has 5 aromatic rings. The van der Waals surface area contributed by atoms with Crippen LogP contribution in [-0.4, -0.2) is 26.3 Å². The quantitative estimate of drug-likeness (QED) is 0.325. The lowest BCUT2D eigenvalue weighted by Crippen LogP contribution is -2.30. The Bertz CT molecular complexity index is 1380. The minimum Gasteiger partial charge on any atom is -0.278 e. The van der Waals surface area contributed by atoms with Gasteiger partial charge in [-0.1, -0.05) is 71.3 Å². The summed E-state index contributed by atoms with van der Waals surface area (Å²) in [6.45, 7) is 0. The molecule has 0 radical (unpaired) electrons. The maximum atomic E-state index is 13.4. The van der Waals surface area contributed by atoms with Crippen molar-refractivity contribution in [2.75, 3.05) is 10.7 Å². The molecule has 3 aromatic carbocycles. The van der Waals surface area contributed by atoms with Gasteiger partial charge in [-0.05, 0) is 36.4 Å². The predicted molar refractivity (Wildman–Crippen MR) is 123 cm³/mol. The SMILES string of the molecule is O=C(CSc1nnc2sc3ccccc3n12)N1c2ccccc2Sc2ccccc21. The van der Waals surface area contributed by atoms with Gasteiger partial charge in [-0.3, -0.25) is 14.1 Å². The van der Waals surface area contributed by atoms with Gasteiger partial charge in [-0.25, -0.2) is 0 Å². The molecular formula is C22H14N4OS3. The van der Waals surface area contributed by atoms with Crippen LogP contribution in [0.15, 0.2) is 87.7 Å². The zero-order chi connectivity index (χ0) is 20.1. The summed E-state index contributed by atoms with van der Waals surface area (Å²) in [6, 6.07) is 24.2. The number of thiazole rings is 1. The van der Waals surface area contributed by atoms with E-state index in [4.69, 9.17) is 0 Å². The maximum Gasteiger partial charge on any atom is 0.242 e. The number of nitrogens with zero attached hydrogens (tertiary/aromatic N) is 4. The second-order valence-electron chi connectivity index (χ2n) is 6.73. The van der Waals surface area contributed by atoms with Gasteiger partial charge in [0.25, 0.3) is 0 Å². The number of hydrogen-bond acceptors (Lipinski definition) is 6. The van der Waals surface area contributed by atoms with Crippen LogP contribution in [0, 0.1) is 0 Å². The Morgan fingerprint density at radius 1 is 0.867 bits per heavy atom. The Balaban J connectivity index is 1.34. The lowest BCUT2D eigenvalue weighted by atomic mass is 10.2.